The van der Waals surface area contributed by atoms with Crippen molar-refractivity contribution in [1.29, 1.82) is 0 Å². The second-order valence-corrected chi connectivity index (χ2v) is 5.25. The molecular formula is C14H15N3. The molecule has 3 nitrogen and oxygen atoms in total. The summed E-state index contributed by atoms with van der Waals surface area (Å²) in [6, 6.07) is 8.88. The molecular weight excluding hydrogens is 210 g/mol. The molecule has 3 heteroatoms. The summed E-state index contributed by atoms with van der Waals surface area (Å²) < 4.78 is 2.08. The van der Waals surface area contributed by atoms with E-state index in [1.165, 1.54) is 12.8 Å². The largest absolute Gasteiger partial charge is 0.320 e. The van der Waals surface area contributed by atoms with Crippen LogP contribution in [-0.2, 0) is 13.5 Å². The second kappa shape index (κ2) is 3.19. The number of hydrogen-bond donors (Lipinski definition) is 0. The third-order valence-corrected chi connectivity index (χ3v) is 4.37. The Morgan fingerprint density at radius 3 is 2.94 bits per heavy atom. The molecule has 1 saturated carbocycles. The maximum absolute atomic E-state index is 4.29. The summed E-state index contributed by atoms with van der Waals surface area (Å²) in [6.45, 7) is 0. The van der Waals surface area contributed by atoms with Gasteiger partial charge in [-0.15, -0.1) is 10.2 Å². The monoisotopic (exact) mass is 225 g/mol. The lowest BCUT2D eigenvalue weighted by molar-refractivity contribution is 0.648. The summed E-state index contributed by atoms with van der Waals surface area (Å²) in [7, 11) is 2.05. The lowest BCUT2D eigenvalue weighted by atomic mass is 9.92. The molecule has 0 aliphatic heterocycles. The number of hydrogen-bond acceptors (Lipinski definition) is 2. The van der Waals surface area contributed by atoms with Gasteiger partial charge < -0.3 is 4.57 Å². The van der Waals surface area contributed by atoms with Crippen molar-refractivity contribution in [3.8, 4) is 0 Å². The molecule has 0 N–H and O–H groups in total. The zero-order valence-corrected chi connectivity index (χ0v) is 9.87. The van der Waals surface area contributed by atoms with Gasteiger partial charge in [-0.05, 0) is 35.8 Å². The van der Waals surface area contributed by atoms with Crippen LogP contribution in [0.1, 0.15) is 35.2 Å². The van der Waals surface area contributed by atoms with E-state index in [2.05, 4.69) is 39.0 Å². The molecule has 0 radical (unpaired) electrons. The number of benzene rings is 1. The molecule has 2 aliphatic rings. The maximum Gasteiger partial charge on any atom is 0.136 e. The Kier molecular flexibility index (Phi) is 1.76. The predicted octanol–water partition coefficient (Wildman–Crippen LogP) is 2.26. The highest BCUT2D eigenvalue weighted by Gasteiger charge is 2.55. The van der Waals surface area contributed by atoms with E-state index in [1.54, 1.807) is 11.1 Å². The van der Waals surface area contributed by atoms with Crippen LogP contribution in [0.5, 0.6) is 0 Å². The van der Waals surface area contributed by atoms with E-state index in [0.717, 1.165) is 11.7 Å². The Hall–Kier alpha value is -1.64. The summed E-state index contributed by atoms with van der Waals surface area (Å²) in [6.07, 6.45) is 4.34. The van der Waals surface area contributed by atoms with Gasteiger partial charge in [0.05, 0.1) is 0 Å². The standard InChI is InChI=1S/C14H15N3/c1-17-8-15-16-14(17)13-11-7-6-9-4-2-3-5-10(9)12(11)13/h2-5,8,11-13H,6-7H2,1H3. The molecule has 1 aromatic carbocycles. The van der Waals surface area contributed by atoms with Crippen LogP contribution >= 0.6 is 0 Å². The number of nitrogens with zero attached hydrogens (tertiary/aromatic N) is 3. The van der Waals surface area contributed by atoms with Gasteiger partial charge in [0.25, 0.3) is 0 Å². The van der Waals surface area contributed by atoms with Crippen LogP contribution in [0.3, 0.4) is 0 Å². The number of aromatic nitrogens is 3. The van der Waals surface area contributed by atoms with Crippen LogP contribution < -0.4 is 0 Å². The quantitative estimate of drug-likeness (QED) is 0.745. The maximum atomic E-state index is 4.29. The van der Waals surface area contributed by atoms with Crippen LogP contribution in [-0.4, -0.2) is 14.8 Å². The SMILES string of the molecule is Cn1cnnc1C1C2CCc3ccccc3C21. The van der Waals surface area contributed by atoms with E-state index >= 15 is 0 Å². The summed E-state index contributed by atoms with van der Waals surface area (Å²) in [5, 5.41) is 8.30. The van der Waals surface area contributed by atoms with E-state index in [9.17, 15) is 0 Å². The number of rotatable bonds is 1. The fourth-order valence-corrected chi connectivity index (χ4v) is 3.51. The van der Waals surface area contributed by atoms with Gasteiger partial charge in [0.15, 0.2) is 0 Å². The average Bonchev–Trinajstić information content (AvgIpc) is 2.96. The molecule has 3 unspecified atom stereocenters. The van der Waals surface area contributed by atoms with Crippen molar-refractivity contribution in [2.45, 2.75) is 24.7 Å². The highest BCUT2D eigenvalue weighted by Crippen LogP contribution is 2.64. The molecule has 1 aromatic heterocycles. The zero-order chi connectivity index (χ0) is 11.4. The average molecular weight is 225 g/mol. The first kappa shape index (κ1) is 9.40. The highest BCUT2D eigenvalue weighted by molar-refractivity contribution is 5.43. The second-order valence-electron chi connectivity index (χ2n) is 5.25. The van der Waals surface area contributed by atoms with Crippen LogP contribution in [0.25, 0.3) is 0 Å². The van der Waals surface area contributed by atoms with Crippen molar-refractivity contribution in [3.05, 3.63) is 47.5 Å². The Morgan fingerprint density at radius 1 is 1.24 bits per heavy atom. The predicted molar refractivity (Wildman–Crippen MR) is 64.7 cm³/mol. The third-order valence-electron chi connectivity index (χ3n) is 4.37. The van der Waals surface area contributed by atoms with Crippen LogP contribution in [0, 0.1) is 5.92 Å². The van der Waals surface area contributed by atoms with E-state index < -0.39 is 0 Å². The minimum Gasteiger partial charge on any atom is -0.320 e. The third kappa shape index (κ3) is 1.22. The highest BCUT2D eigenvalue weighted by atomic mass is 15.3. The Labute approximate surface area is 100 Å². The number of aryl methyl sites for hydroxylation is 2. The lowest BCUT2D eigenvalue weighted by Gasteiger charge is -2.13. The molecule has 1 fully saturated rings. The van der Waals surface area contributed by atoms with Gasteiger partial charge in [0.1, 0.15) is 12.2 Å². The van der Waals surface area contributed by atoms with Gasteiger partial charge in [-0.3, -0.25) is 0 Å². The van der Waals surface area contributed by atoms with E-state index in [0.29, 0.717) is 11.8 Å². The van der Waals surface area contributed by atoms with E-state index in [-0.39, 0.29) is 0 Å². The molecule has 0 amide bonds. The molecule has 0 saturated heterocycles. The molecule has 17 heavy (non-hydrogen) atoms. The van der Waals surface area contributed by atoms with E-state index in [4.69, 9.17) is 0 Å². The smallest absolute Gasteiger partial charge is 0.136 e. The minimum atomic E-state index is 0.603. The van der Waals surface area contributed by atoms with E-state index in [1.807, 2.05) is 13.4 Å². The van der Waals surface area contributed by atoms with Crippen molar-refractivity contribution in [3.63, 3.8) is 0 Å². The number of fused-ring (bicyclic) bond motifs is 3. The van der Waals surface area contributed by atoms with Gasteiger partial charge in [-0.25, -0.2) is 0 Å². The van der Waals surface area contributed by atoms with Crippen molar-refractivity contribution < 1.29 is 0 Å². The zero-order valence-electron chi connectivity index (χ0n) is 9.87. The van der Waals surface area contributed by atoms with Crippen LogP contribution in [0.15, 0.2) is 30.6 Å². The van der Waals surface area contributed by atoms with Gasteiger partial charge in [0.2, 0.25) is 0 Å². The molecule has 0 bridgehead atoms. The summed E-state index contributed by atoms with van der Waals surface area (Å²) >= 11 is 0. The summed E-state index contributed by atoms with van der Waals surface area (Å²) in [5.74, 6) is 3.26. The van der Waals surface area contributed by atoms with Gasteiger partial charge in [-0.2, -0.15) is 0 Å². The Balaban J connectivity index is 1.76. The molecule has 2 aromatic rings. The Morgan fingerprint density at radius 2 is 2.12 bits per heavy atom. The topological polar surface area (TPSA) is 30.7 Å². The first-order valence-electron chi connectivity index (χ1n) is 6.28. The molecule has 86 valence electrons. The Bertz CT molecular complexity index is 572. The normalized spacial score (nSPS) is 29.6. The minimum absolute atomic E-state index is 0.603. The molecule has 0 spiro atoms. The van der Waals surface area contributed by atoms with Gasteiger partial charge in [0, 0.05) is 13.0 Å². The first-order valence-corrected chi connectivity index (χ1v) is 6.28. The van der Waals surface area contributed by atoms with Crippen molar-refractivity contribution >= 4 is 0 Å². The van der Waals surface area contributed by atoms with Crippen molar-refractivity contribution in [2.24, 2.45) is 13.0 Å². The van der Waals surface area contributed by atoms with Crippen LogP contribution in [0.2, 0.25) is 0 Å². The molecule has 4 rings (SSSR count). The molecule has 2 aliphatic carbocycles. The van der Waals surface area contributed by atoms with Gasteiger partial charge in [-0.1, -0.05) is 24.3 Å². The fraction of sp³-hybridized carbons (Fsp3) is 0.429. The molecule has 1 heterocycles. The summed E-state index contributed by atoms with van der Waals surface area (Å²) in [5.41, 5.74) is 3.09. The molecule has 3 atom stereocenters. The first-order chi connectivity index (χ1) is 8.36. The summed E-state index contributed by atoms with van der Waals surface area (Å²) in [4.78, 5) is 0. The van der Waals surface area contributed by atoms with Crippen molar-refractivity contribution in [1.82, 2.24) is 14.8 Å². The van der Waals surface area contributed by atoms with Gasteiger partial charge >= 0.3 is 0 Å². The fourth-order valence-electron chi connectivity index (χ4n) is 3.51. The van der Waals surface area contributed by atoms with Crippen molar-refractivity contribution in [2.75, 3.05) is 0 Å². The van der Waals surface area contributed by atoms with Crippen LogP contribution in [0.4, 0.5) is 0 Å². The lowest BCUT2D eigenvalue weighted by Crippen LogP contribution is -2.00.